The highest BCUT2D eigenvalue weighted by Crippen LogP contribution is 2.30. The third-order valence-electron chi connectivity index (χ3n) is 2.50. The summed E-state index contributed by atoms with van der Waals surface area (Å²) >= 11 is 5.79. The van der Waals surface area contributed by atoms with E-state index in [-0.39, 0.29) is 22.0 Å². The molecule has 22 heavy (non-hydrogen) atoms. The number of rotatable bonds is 4. The smallest absolute Gasteiger partial charge is 0.422 e. The number of nitrogens with one attached hydrogen (secondary N) is 1. The maximum Gasteiger partial charge on any atom is 0.422 e. The molecule has 0 saturated carbocycles. The largest absolute Gasteiger partial charge is 0.482 e. The number of aromatic nitrogens is 1. The molecule has 0 unspecified atom stereocenters. The Morgan fingerprint density at radius 2 is 2.09 bits per heavy atom. The summed E-state index contributed by atoms with van der Waals surface area (Å²) in [5.41, 5.74) is 0.301. The summed E-state index contributed by atoms with van der Waals surface area (Å²) in [7, 11) is 0. The number of anilines is 1. The number of nitrogens with zero attached hydrogens (tertiary/aromatic N) is 1. The van der Waals surface area contributed by atoms with Crippen LogP contribution in [0.1, 0.15) is 10.4 Å². The summed E-state index contributed by atoms with van der Waals surface area (Å²) in [6.07, 6.45) is -1.66. The molecule has 0 aliphatic rings. The Hall–Kier alpha value is -2.28. The number of pyridine rings is 1. The Balaban J connectivity index is 2.18. The molecule has 0 aliphatic heterocycles. The van der Waals surface area contributed by atoms with Crippen LogP contribution in [0.15, 0.2) is 42.7 Å². The molecule has 1 aromatic carbocycles. The number of amides is 1. The third kappa shape index (κ3) is 4.63. The van der Waals surface area contributed by atoms with Crippen molar-refractivity contribution in [3.05, 3.63) is 53.3 Å². The number of hydrogen-bond acceptors (Lipinski definition) is 3. The summed E-state index contributed by atoms with van der Waals surface area (Å²) in [6.45, 7) is -1.47. The number of hydrogen-bond donors (Lipinski definition) is 1. The zero-order valence-corrected chi connectivity index (χ0v) is 11.8. The van der Waals surface area contributed by atoms with Gasteiger partial charge in [0.05, 0.1) is 11.3 Å². The minimum atomic E-state index is -4.48. The van der Waals surface area contributed by atoms with E-state index in [1.54, 1.807) is 6.07 Å². The Labute approximate surface area is 128 Å². The van der Waals surface area contributed by atoms with E-state index < -0.39 is 18.7 Å². The van der Waals surface area contributed by atoms with Gasteiger partial charge in [-0.15, -0.1) is 0 Å². The molecule has 2 rings (SSSR count). The van der Waals surface area contributed by atoms with Gasteiger partial charge in [-0.2, -0.15) is 13.2 Å². The predicted octanol–water partition coefficient (Wildman–Crippen LogP) is 3.93. The second-order valence-electron chi connectivity index (χ2n) is 4.24. The molecule has 0 spiro atoms. The zero-order chi connectivity index (χ0) is 16.2. The normalized spacial score (nSPS) is 11.1. The molecule has 0 atom stereocenters. The van der Waals surface area contributed by atoms with Gasteiger partial charge in [-0.3, -0.25) is 9.78 Å². The van der Waals surface area contributed by atoms with Gasteiger partial charge in [-0.25, -0.2) is 0 Å². The van der Waals surface area contributed by atoms with Crippen molar-refractivity contribution >= 4 is 23.2 Å². The number of halogens is 4. The fourth-order valence-corrected chi connectivity index (χ4v) is 1.75. The number of carbonyl (C=O) groups excluding carboxylic acids is 1. The molecule has 1 heterocycles. The van der Waals surface area contributed by atoms with Crippen molar-refractivity contribution in [3.63, 3.8) is 0 Å². The molecule has 1 N–H and O–H groups in total. The van der Waals surface area contributed by atoms with E-state index in [4.69, 9.17) is 11.6 Å². The lowest BCUT2D eigenvalue weighted by Gasteiger charge is -2.14. The molecule has 0 radical (unpaired) electrons. The SMILES string of the molecule is O=C(Nc1cc(Cl)ccc1OCC(F)(F)F)c1cccnc1. The number of alkyl halides is 3. The average Bonchev–Trinajstić information content (AvgIpc) is 2.46. The van der Waals surface area contributed by atoms with Crippen LogP contribution in [0.5, 0.6) is 5.75 Å². The van der Waals surface area contributed by atoms with Crippen molar-refractivity contribution in [2.24, 2.45) is 0 Å². The van der Waals surface area contributed by atoms with E-state index in [1.807, 2.05) is 0 Å². The average molecular weight is 331 g/mol. The first-order valence-corrected chi connectivity index (χ1v) is 6.43. The van der Waals surface area contributed by atoms with Crippen LogP contribution >= 0.6 is 11.6 Å². The molecule has 2 aromatic rings. The van der Waals surface area contributed by atoms with Crippen LogP contribution in [0.3, 0.4) is 0 Å². The topological polar surface area (TPSA) is 51.2 Å². The first-order chi connectivity index (χ1) is 10.3. The van der Waals surface area contributed by atoms with Gasteiger partial charge in [0.15, 0.2) is 6.61 Å². The molecular formula is C14H10ClF3N2O2. The maximum atomic E-state index is 12.2. The Morgan fingerprint density at radius 3 is 2.73 bits per heavy atom. The van der Waals surface area contributed by atoms with Crippen LogP contribution in [0.2, 0.25) is 5.02 Å². The molecule has 1 amide bonds. The molecule has 0 bridgehead atoms. The highest BCUT2D eigenvalue weighted by atomic mass is 35.5. The van der Waals surface area contributed by atoms with Crippen molar-refractivity contribution in [1.82, 2.24) is 4.98 Å². The van der Waals surface area contributed by atoms with Crippen LogP contribution in [-0.4, -0.2) is 23.7 Å². The first kappa shape index (κ1) is 16.1. The third-order valence-corrected chi connectivity index (χ3v) is 2.74. The van der Waals surface area contributed by atoms with Crippen LogP contribution < -0.4 is 10.1 Å². The summed E-state index contributed by atoms with van der Waals surface area (Å²) < 4.78 is 41.4. The standard InChI is InChI=1S/C14H10ClF3N2O2/c15-10-3-4-12(22-8-14(16,17)18)11(6-10)20-13(21)9-2-1-5-19-7-9/h1-7H,8H2,(H,20,21). The summed E-state index contributed by atoms with van der Waals surface area (Å²) in [6, 6.07) is 7.01. The number of ether oxygens (including phenoxy) is 1. The monoisotopic (exact) mass is 330 g/mol. The van der Waals surface area contributed by atoms with Gasteiger partial charge in [0.25, 0.3) is 5.91 Å². The lowest BCUT2D eigenvalue weighted by atomic mass is 10.2. The van der Waals surface area contributed by atoms with Crippen molar-refractivity contribution < 1.29 is 22.7 Å². The molecule has 8 heteroatoms. The summed E-state index contributed by atoms with van der Waals surface area (Å²) in [5, 5.41) is 2.70. The lowest BCUT2D eigenvalue weighted by Crippen LogP contribution is -2.20. The molecule has 116 valence electrons. The van der Waals surface area contributed by atoms with E-state index in [0.29, 0.717) is 0 Å². The first-order valence-electron chi connectivity index (χ1n) is 6.05. The van der Waals surface area contributed by atoms with E-state index >= 15 is 0 Å². The highest BCUT2D eigenvalue weighted by Gasteiger charge is 2.29. The van der Waals surface area contributed by atoms with Gasteiger partial charge in [0.1, 0.15) is 5.75 Å². The Bertz CT molecular complexity index is 663. The molecule has 1 aromatic heterocycles. The maximum absolute atomic E-state index is 12.2. The van der Waals surface area contributed by atoms with E-state index in [9.17, 15) is 18.0 Å². The fraction of sp³-hybridized carbons (Fsp3) is 0.143. The Kier molecular flexibility index (Phi) is 4.87. The fourth-order valence-electron chi connectivity index (χ4n) is 1.58. The lowest BCUT2D eigenvalue weighted by molar-refractivity contribution is -0.153. The quantitative estimate of drug-likeness (QED) is 0.924. The van der Waals surface area contributed by atoms with E-state index in [2.05, 4.69) is 15.0 Å². The molecule has 0 fully saturated rings. The Morgan fingerprint density at radius 1 is 1.32 bits per heavy atom. The van der Waals surface area contributed by atoms with Crippen molar-refractivity contribution in [3.8, 4) is 5.75 Å². The minimum Gasteiger partial charge on any atom is -0.482 e. The van der Waals surface area contributed by atoms with Crippen LogP contribution in [-0.2, 0) is 0 Å². The number of carbonyl (C=O) groups is 1. The van der Waals surface area contributed by atoms with Crippen LogP contribution in [0.4, 0.5) is 18.9 Å². The molecule has 4 nitrogen and oxygen atoms in total. The van der Waals surface area contributed by atoms with Crippen molar-refractivity contribution in [1.29, 1.82) is 0 Å². The zero-order valence-electron chi connectivity index (χ0n) is 11.0. The van der Waals surface area contributed by atoms with Gasteiger partial charge in [-0.05, 0) is 30.3 Å². The van der Waals surface area contributed by atoms with Gasteiger partial charge < -0.3 is 10.1 Å². The van der Waals surface area contributed by atoms with Gasteiger partial charge in [0, 0.05) is 17.4 Å². The van der Waals surface area contributed by atoms with E-state index in [0.717, 1.165) is 0 Å². The highest BCUT2D eigenvalue weighted by molar-refractivity contribution is 6.31. The van der Waals surface area contributed by atoms with Crippen LogP contribution in [0.25, 0.3) is 0 Å². The van der Waals surface area contributed by atoms with E-state index in [1.165, 1.54) is 36.7 Å². The second-order valence-corrected chi connectivity index (χ2v) is 4.68. The summed E-state index contributed by atoms with van der Waals surface area (Å²) in [5.74, 6) is -0.661. The molecule has 0 aliphatic carbocycles. The second kappa shape index (κ2) is 6.65. The van der Waals surface area contributed by atoms with Gasteiger partial charge in [0.2, 0.25) is 0 Å². The van der Waals surface area contributed by atoms with Gasteiger partial charge >= 0.3 is 6.18 Å². The predicted molar refractivity (Wildman–Crippen MR) is 75.2 cm³/mol. The van der Waals surface area contributed by atoms with Crippen LogP contribution in [0, 0.1) is 0 Å². The van der Waals surface area contributed by atoms with Gasteiger partial charge in [-0.1, -0.05) is 11.6 Å². The molecular weight excluding hydrogens is 321 g/mol. The molecule has 0 saturated heterocycles. The van der Waals surface area contributed by atoms with Crippen molar-refractivity contribution in [2.75, 3.05) is 11.9 Å². The minimum absolute atomic E-state index is 0.0469. The van der Waals surface area contributed by atoms with Crippen molar-refractivity contribution in [2.45, 2.75) is 6.18 Å². The number of benzene rings is 1. The summed E-state index contributed by atoms with van der Waals surface area (Å²) in [4.78, 5) is 15.8.